The smallest absolute Gasteiger partial charge is 0.338 e. The van der Waals surface area contributed by atoms with Crippen molar-refractivity contribution >= 4 is 11.7 Å². The van der Waals surface area contributed by atoms with E-state index in [0.29, 0.717) is 12.6 Å². The summed E-state index contributed by atoms with van der Waals surface area (Å²) < 4.78 is 37.8. The van der Waals surface area contributed by atoms with Crippen molar-refractivity contribution in [3.05, 3.63) is 29.8 Å². The molecule has 1 aromatic rings. The Bertz CT molecular complexity index is 519. The zero-order chi connectivity index (χ0) is 16.2. The molecule has 7 heteroatoms. The van der Waals surface area contributed by atoms with E-state index in [2.05, 4.69) is 22.6 Å². The molecule has 0 radical (unpaired) electrons. The van der Waals surface area contributed by atoms with Crippen LogP contribution in [0.25, 0.3) is 0 Å². The predicted octanol–water partition coefficient (Wildman–Crippen LogP) is 3.31. The van der Waals surface area contributed by atoms with E-state index in [1.807, 2.05) is 0 Å². The van der Waals surface area contributed by atoms with Gasteiger partial charge in [-0.15, -0.1) is 0 Å². The Labute approximate surface area is 127 Å². The van der Waals surface area contributed by atoms with Crippen LogP contribution in [-0.2, 0) is 6.18 Å². The number of carbonyl (C=O) groups excluding carboxylic acids is 1. The molecule has 2 amide bonds. The fraction of sp³-hybridized carbons (Fsp3) is 0.533. The van der Waals surface area contributed by atoms with Gasteiger partial charge in [0.1, 0.15) is 0 Å². The first-order valence-electron chi connectivity index (χ1n) is 7.28. The van der Waals surface area contributed by atoms with E-state index in [4.69, 9.17) is 0 Å². The summed E-state index contributed by atoms with van der Waals surface area (Å²) in [7, 11) is 2.06. The number of halogens is 3. The highest BCUT2D eigenvalue weighted by atomic mass is 19.4. The molecule has 1 atom stereocenters. The van der Waals surface area contributed by atoms with Crippen LogP contribution >= 0.6 is 0 Å². The number of hydrogen-bond acceptors (Lipinski definition) is 2. The van der Waals surface area contributed by atoms with Crippen LogP contribution < -0.4 is 10.6 Å². The van der Waals surface area contributed by atoms with Crippen LogP contribution in [-0.4, -0.2) is 37.1 Å². The maximum Gasteiger partial charge on any atom is 0.416 e. The van der Waals surface area contributed by atoms with Crippen molar-refractivity contribution in [3.8, 4) is 0 Å². The highest BCUT2D eigenvalue weighted by Gasteiger charge is 2.30. The van der Waals surface area contributed by atoms with Crippen LogP contribution in [0.3, 0.4) is 0 Å². The van der Waals surface area contributed by atoms with Crippen molar-refractivity contribution in [3.63, 3.8) is 0 Å². The van der Waals surface area contributed by atoms with E-state index in [0.717, 1.165) is 37.9 Å². The molecule has 22 heavy (non-hydrogen) atoms. The Hall–Kier alpha value is -1.76. The van der Waals surface area contributed by atoms with Gasteiger partial charge >= 0.3 is 12.2 Å². The first-order chi connectivity index (χ1) is 10.4. The summed E-state index contributed by atoms with van der Waals surface area (Å²) in [6, 6.07) is 4.57. The minimum absolute atomic E-state index is 0.130. The molecule has 0 unspecified atom stereocenters. The molecular formula is C15H20F3N3O. The molecule has 1 aromatic carbocycles. The van der Waals surface area contributed by atoms with E-state index in [9.17, 15) is 18.0 Å². The molecule has 0 spiro atoms. The molecule has 4 nitrogen and oxygen atoms in total. The van der Waals surface area contributed by atoms with Crippen molar-refractivity contribution in [2.45, 2.75) is 31.5 Å². The Morgan fingerprint density at radius 2 is 2.18 bits per heavy atom. The highest BCUT2D eigenvalue weighted by molar-refractivity contribution is 5.89. The van der Waals surface area contributed by atoms with Crippen molar-refractivity contribution in [1.82, 2.24) is 10.2 Å². The number of anilines is 1. The molecule has 1 aliphatic rings. The van der Waals surface area contributed by atoms with Crippen molar-refractivity contribution in [2.75, 3.05) is 25.5 Å². The molecule has 2 rings (SSSR count). The van der Waals surface area contributed by atoms with Crippen molar-refractivity contribution in [1.29, 1.82) is 0 Å². The summed E-state index contributed by atoms with van der Waals surface area (Å²) in [4.78, 5) is 14.0. The molecule has 0 aromatic heterocycles. The third-order valence-corrected chi connectivity index (χ3v) is 3.88. The van der Waals surface area contributed by atoms with Gasteiger partial charge in [0.25, 0.3) is 0 Å². The number of likely N-dealkylation sites (tertiary alicyclic amines) is 1. The van der Waals surface area contributed by atoms with Gasteiger partial charge in [0.05, 0.1) is 5.56 Å². The summed E-state index contributed by atoms with van der Waals surface area (Å²) >= 11 is 0. The number of nitrogens with one attached hydrogen (secondary N) is 2. The van der Waals surface area contributed by atoms with Crippen LogP contribution in [0.2, 0.25) is 0 Å². The molecular weight excluding hydrogens is 295 g/mol. The molecule has 1 saturated heterocycles. The number of rotatable bonds is 4. The fourth-order valence-electron chi connectivity index (χ4n) is 2.64. The van der Waals surface area contributed by atoms with E-state index >= 15 is 0 Å². The molecule has 2 N–H and O–H groups in total. The summed E-state index contributed by atoms with van der Waals surface area (Å²) in [5.41, 5.74) is -0.650. The normalized spacial score (nSPS) is 19.2. The van der Waals surface area contributed by atoms with Gasteiger partial charge in [-0.1, -0.05) is 6.07 Å². The van der Waals surface area contributed by atoms with E-state index < -0.39 is 17.8 Å². The number of alkyl halides is 3. The van der Waals surface area contributed by atoms with Crippen LogP contribution in [0.1, 0.15) is 24.8 Å². The SMILES string of the molecule is CN1CCC[C@H]1CCNC(=O)Nc1cccc(C(F)(F)F)c1. The van der Waals surface area contributed by atoms with Crippen LogP contribution in [0, 0.1) is 0 Å². The van der Waals surface area contributed by atoms with Crippen molar-refractivity contribution < 1.29 is 18.0 Å². The number of amides is 2. The van der Waals surface area contributed by atoms with Crippen LogP contribution in [0.5, 0.6) is 0 Å². The maximum absolute atomic E-state index is 12.6. The monoisotopic (exact) mass is 315 g/mol. The predicted molar refractivity (Wildman–Crippen MR) is 78.7 cm³/mol. The second-order valence-corrected chi connectivity index (χ2v) is 5.52. The van der Waals surface area contributed by atoms with Gasteiger partial charge in [-0.05, 0) is 51.1 Å². The van der Waals surface area contributed by atoms with Gasteiger partial charge in [-0.2, -0.15) is 13.2 Å². The average Bonchev–Trinajstić information content (AvgIpc) is 2.84. The van der Waals surface area contributed by atoms with Crippen LogP contribution in [0.15, 0.2) is 24.3 Å². The lowest BCUT2D eigenvalue weighted by Crippen LogP contribution is -2.34. The fourth-order valence-corrected chi connectivity index (χ4v) is 2.64. The first kappa shape index (κ1) is 16.6. The Balaban J connectivity index is 1.79. The van der Waals surface area contributed by atoms with E-state index in [1.165, 1.54) is 12.1 Å². The van der Waals surface area contributed by atoms with Gasteiger partial charge in [0.15, 0.2) is 0 Å². The lowest BCUT2D eigenvalue weighted by Gasteiger charge is -2.19. The van der Waals surface area contributed by atoms with Gasteiger partial charge < -0.3 is 15.5 Å². The summed E-state index contributed by atoms with van der Waals surface area (Å²) in [5.74, 6) is 0. The lowest BCUT2D eigenvalue weighted by atomic mass is 10.1. The Kier molecular flexibility index (Phi) is 5.28. The highest BCUT2D eigenvalue weighted by Crippen LogP contribution is 2.30. The maximum atomic E-state index is 12.6. The van der Waals surface area contributed by atoms with Gasteiger partial charge in [-0.3, -0.25) is 0 Å². The topological polar surface area (TPSA) is 44.4 Å². The lowest BCUT2D eigenvalue weighted by molar-refractivity contribution is -0.137. The third kappa shape index (κ3) is 4.62. The molecule has 1 heterocycles. The Morgan fingerprint density at radius 3 is 2.82 bits per heavy atom. The largest absolute Gasteiger partial charge is 0.416 e. The number of hydrogen-bond donors (Lipinski definition) is 2. The number of benzene rings is 1. The number of nitrogens with zero attached hydrogens (tertiary/aromatic N) is 1. The van der Waals surface area contributed by atoms with Crippen molar-refractivity contribution in [2.24, 2.45) is 0 Å². The molecule has 0 aliphatic carbocycles. The summed E-state index contributed by atoms with van der Waals surface area (Å²) in [5, 5.41) is 5.11. The molecule has 1 fully saturated rings. The molecule has 122 valence electrons. The minimum Gasteiger partial charge on any atom is -0.338 e. The zero-order valence-electron chi connectivity index (χ0n) is 12.4. The van der Waals surface area contributed by atoms with E-state index in [-0.39, 0.29) is 5.69 Å². The second-order valence-electron chi connectivity index (χ2n) is 5.52. The van der Waals surface area contributed by atoms with Crippen LogP contribution in [0.4, 0.5) is 23.7 Å². The quantitative estimate of drug-likeness (QED) is 0.895. The average molecular weight is 315 g/mol. The standard InChI is InChI=1S/C15H20F3N3O/c1-21-9-3-6-13(21)7-8-19-14(22)20-12-5-2-4-11(10-12)15(16,17)18/h2,4-5,10,13H,3,6-9H2,1H3,(H2,19,20,22)/t13-/m0/s1. The Morgan fingerprint density at radius 1 is 1.41 bits per heavy atom. The third-order valence-electron chi connectivity index (χ3n) is 3.88. The number of urea groups is 1. The minimum atomic E-state index is -4.42. The zero-order valence-corrected chi connectivity index (χ0v) is 12.4. The molecule has 1 aliphatic heterocycles. The summed E-state index contributed by atoms with van der Waals surface area (Å²) in [6.07, 6.45) is -1.29. The summed E-state index contributed by atoms with van der Waals surface area (Å²) in [6.45, 7) is 1.57. The van der Waals surface area contributed by atoms with Gasteiger partial charge in [-0.25, -0.2) is 4.79 Å². The van der Waals surface area contributed by atoms with Gasteiger partial charge in [0.2, 0.25) is 0 Å². The second kappa shape index (κ2) is 7.00. The number of carbonyl (C=O) groups is 1. The van der Waals surface area contributed by atoms with E-state index in [1.54, 1.807) is 0 Å². The molecule has 0 saturated carbocycles. The first-order valence-corrected chi connectivity index (χ1v) is 7.28. The molecule has 0 bridgehead atoms. The van der Waals surface area contributed by atoms with Gasteiger partial charge in [0, 0.05) is 18.3 Å².